The molecule has 0 aromatic rings. The highest BCUT2D eigenvalue weighted by Crippen LogP contribution is 2.48. The van der Waals surface area contributed by atoms with Gasteiger partial charge in [-0.3, -0.25) is 32.7 Å². The van der Waals surface area contributed by atoms with Crippen LogP contribution in [-0.4, -0.2) is 82.7 Å². The van der Waals surface area contributed by atoms with Crippen molar-refractivity contribution in [3.8, 4) is 0 Å². The predicted molar refractivity (Wildman–Crippen MR) is 107 cm³/mol. The molecule has 0 saturated carbocycles. The van der Waals surface area contributed by atoms with Gasteiger partial charge in [0, 0.05) is 34.0 Å². The zero-order valence-electron chi connectivity index (χ0n) is 18.3. The fraction of sp³-hybridized carbons (Fsp3) is 0.765. The van der Waals surface area contributed by atoms with Crippen LogP contribution in [0.25, 0.3) is 0 Å². The molecule has 0 aliphatic rings. The number of ether oxygens (including phenoxy) is 4. The van der Waals surface area contributed by atoms with Crippen LogP contribution in [0.15, 0.2) is 0 Å². The Morgan fingerprint density at radius 3 is 1.72 bits per heavy atom. The van der Waals surface area contributed by atoms with Crippen molar-refractivity contribution in [2.24, 2.45) is 11.5 Å². The largest absolute Gasteiger partial charge is 0.474 e. The SMILES string of the molecule is COP(=O)(OCC(COC(=O)CCN)OC(=O)CCN)OC[C@@H](COC(C)=O)OC(C)=O. The summed E-state index contributed by atoms with van der Waals surface area (Å²) < 4.78 is 47.3. The highest BCUT2D eigenvalue weighted by atomic mass is 31.2. The Bertz CT molecular complexity index is 659. The average Bonchev–Trinajstić information content (AvgIpc) is 2.72. The lowest BCUT2D eigenvalue weighted by atomic mass is 10.3. The molecule has 0 spiro atoms. The number of esters is 4. The molecule has 0 aromatic heterocycles. The van der Waals surface area contributed by atoms with Crippen molar-refractivity contribution >= 4 is 31.7 Å². The van der Waals surface area contributed by atoms with E-state index < -0.39 is 63.7 Å². The summed E-state index contributed by atoms with van der Waals surface area (Å²) in [6.45, 7) is 0.590. The summed E-state index contributed by atoms with van der Waals surface area (Å²) in [5.74, 6) is -2.64. The molecule has 0 aliphatic heterocycles. The first kappa shape index (κ1) is 29.9. The number of hydrogen-bond acceptors (Lipinski definition) is 14. The molecule has 186 valence electrons. The third-order valence-corrected chi connectivity index (χ3v) is 4.67. The smallest absolute Gasteiger partial charge is 0.462 e. The molecule has 2 unspecified atom stereocenters. The first-order valence-electron chi connectivity index (χ1n) is 9.55. The van der Waals surface area contributed by atoms with Gasteiger partial charge in [0.15, 0.2) is 12.2 Å². The second-order valence-electron chi connectivity index (χ2n) is 6.13. The zero-order valence-corrected chi connectivity index (χ0v) is 19.2. The van der Waals surface area contributed by atoms with Crippen LogP contribution in [-0.2, 0) is 56.3 Å². The fourth-order valence-electron chi connectivity index (χ4n) is 1.91. The van der Waals surface area contributed by atoms with E-state index in [2.05, 4.69) is 0 Å². The van der Waals surface area contributed by atoms with Crippen LogP contribution in [0.4, 0.5) is 0 Å². The Labute approximate surface area is 185 Å². The summed E-state index contributed by atoms with van der Waals surface area (Å²) in [5.41, 5.74) is 10.6. The van der Waals surface area contributed by atoms with Gasteiger partial charge in [0.25, 0.3) is 0 Å². The summed E-state index contributed by atoms with van der Waals surface area (Å²) in [5, 5.41) is 0. The van der Waals surface area contributed by atoms with Gasteiger partial charge in [0.1, 0.15) is 13.2 Å². The first-order valence-corrected chi connectivity index (χ1v) is 11.0. The van der Waals surface area contributed by atoms with E-state index in [1.54, 1.807) is 0 Å². The third-order valence-electron chi connectivity index (χ3n) is 3.29. The number of hydrogen-bond donors (Lipinski definition) is 2. The molecule has 14 nitrogen and oxygen atoms in total. The van der Waals surface area contributed by atoms with Gasteiger partial charge < -0.3 is 30.4 Å². The third kappa shape index (κ3) is 14.8. The van der Waals surface area contributed by atoms with Gasteiger partial charge >= 0.3 is 31.7 Å². The van der Waals surface area contributed by atoms with E-state index in [1.165, 1.54) is 0 Å². The van der Waals surface area contributed by atoms with E-state index >= 15 is 0 Å². The highest BCUT2D eigenvalue weighted by Gasteiger charge is 2.30. The molecule has 0 aromatic carbocycles. The first-order chi connectivity index (χ1) is 15.0. The van der Waals surface area contributed by atoms with Crippen LogP contribution in [0.2, 0.25) is 0 Å². The molecule has 4 N–H and O–H groups in total. The molecule has 15 heteroatoms. The fourth-order valence-corrected chi connectivity index (χ4v) is 2.89. The Kier molecular flexibility index (Phi) is 15.5. The second kappa shape index (κ2) is 16.5. The molecule has 3 atom stereocenters. The summed E-state index contributed by atoms with van der Waals surface area (Å²) in [6.07, 6.45) is -2.39. The van der Waals surface area contributed by atoms with Crippen LogP contribution >= 0.6 is 7.82 Å². The van der Waals surface area contributed by atoms with Crippen molar-refractivity contribution in [3.05, 3.63) is 0 Å². The minimum atomic E-state index is -4.23. The van der Waals surface area contributed by atoms with Crippen molar-refractivity contribution in [1.82, 2.24) is 0 Å². The van der Waals surface area contributed by atoms with E-state index in [-0.39, 0.29) is 32.5 Å². The molecular weight excluding hydrogens is 455 g/mol. The molecule has 0 rings (SSSR count). The molecule has 0 amide bonds. The van der Waals surface area contributed by atoms with E-state index in [0.29, 0.717) is 0 Å². The molecule has 0 heterocycles. The number of phosphoric acid groups is 1. The number of phosphoric ester groups is 1. The maximum absolute atomic E-state index is 12.7. The van der Waals surface area contributed by atoms with Crippen LogP contribution in [0.5, 0.6) is 0 Å². The molecule has 0 aliphatic carbocycles. The van der Waals surface area contributed by atoms with Crippen LogP contribution < -0.4 is 11.5 Å². The molecule has 0 radical (unpaired) electrons. The zero-order chi connectivity index (χ0) is 24.6. The quantitative estimate of drug-likeness (QED) is 0.150. The van der Waals surface area contributed by atoms with E-state index in [0.717, 1.165) is 21.0 Å². The van der Waals surface area contributed by atoms with Gasteiger partial charge in [-0.15, -0.1) is 0 Å². The van der Waals surface area contributed by atoms with Crippen molar-refractivity contribution in [1.29, 1.82) is 0 Å². The maximum atomic E-state index is 12.7. The Balaban J connectivity index is 5.00. The number of nitrogens with two attached hydrogens (primary N) is 2. The summed E-state index contributed by atoms with van der Waals surface area (Å²) in [7, 11) is -3.19. The van der Waals surface area contributed by atoms with Gasteiger partial charge in [0.05, 0.1) is 26.1 Å². The minimum absolute atomic E-state index is 0.0267. The lowest BCUT2D eigenvalue weighted by molar-refractivity contribution is -0.161. The van der Waals surface area contributed by atoms with Crippen LogP contribution in [0.1, 0.15) is 26.7 Å². The molecule has 0 bridgehead atoms. The number of carbonyl (C=O) groups is 4. The predicted octanol–water partition coefficient (Wildman–Crippen LogP) is -0.578. The van der Waals surface area contributed by atoms with E-state index in [1.807, 2.05) is 0 Å². The van der Waals surface area contributed by atoms with Crippen molar-refractivity contribution in [2.75, 3.05) is 46.6 Å². The average molecular weight is 486 g/mol. The highest BCUT2D eigenvalue weighted by molar-refractivity contribution is 7.48. The molecular formula is C17H31N2O12P. The lowest BCUT2D eigenvalue weighted by Crippen LogP contribution is -2.31. The summed E-state index contributed by atoms with van der Waals surface area (Å²) in [6, 6.07) is 0. The standard InChI is InChI=1S/C17H31N2O12P/c1-12(20)26-8-14(30-13(2)21)10-28-32(24,25-3)29-11-15(31-17(23)5-7-19)9-27-16(22)4-6-18/h14-15H,4-11,18-19H2,1-3H3/t14-,15?,32?/m1/s1. The van der Waals surface area contributed by atoms with Crippen LogP contribution in [0, 0.1) is 0 Å². The Morgan fingerprint density at radius 2 is 1.25 bits per heavy atom. The van der Waals surface area contributed by atoms with Gasteiger partial charge in [0.2, 0.25) is 0 Å². The van der Waals surface area contributed by atoms with Crippen LogP contribution in [0.3, 0.4) is 0 Å². The van der Waals surface area contributed by atoms with Crippen molar-refractivity contribution in [3.63, 3.8) is 0 Å². The maximum Gasteiger partial charge on any atom is 0.474 e. The summed E-state index contributed by atoms with van der Waals surface area (Å²) in [4.78, 5) is 45.4. The van der Waals surface area contributed by atoms with E-state index in [9.17, 15) is 23.7 Å². The van der Waals surface area contributed by atoms with E-state index in [4.69, 9.17) is 44.0 Å². The molecule has 0 fully saturated rings. The lowest BCUT2D eigenvalue weighted by Gasteiger charge is -2.23. The Hall–Kier alpha value is -2.09. The number of carbonyl (C=O) groups excluding carboxylic acids is 4. The monoisotopic (exact) mass is 486 g/mol. The van der Waals surface area contributed by atoms with Crippen molar-refractivity contribution < 1.29 is 56.3 Å². The van der Waals surface area contributed by atoms with Gasteiger partial charge in [-0.1, -0.05) is 0 Å². The normalized spacial score (nSPS) is 14.5. The molecule has 0 saturated heterocycles. The summed E-state index contributed by atoms with van der Waals surface area (Å²) >= 11 is 0. The Morgan fingerprint density at radius 1 is 0.750 bits per heavy atom. The second-order valence-corrected chi connectivity index (χ2v) is 7.90. The van der Waals surface area contributed by atoms with Gasteiger partial charge in [-0.25, -0.2) is 4.57 Å². The van der Waals surface area contributed by atoms with Gasteiger partial charge in [-0.2, -0.15) is 0 Å². The topological polar surface area (TPSA) is 202 Å². The number of rotatable bonds is 17. The molecule has 32 heavy (non-hydrogen) atoms. The minimum Gasteiger partial charge on any atom is -0.462 e. The van der Waals surface area contributed by atoms with Gasteiger partial charge in [-0.05, 0) is 0 Å². The van der Waals surface area contributed by atoms with Crippen molar-refractivity contribution in [2.45, 2.75) is 38.9 Å².